The van der Waals surface area contributed by atoms with Crippen LogP contribution in [0.5, 0.6) is 0 Å². The summed E-state index contributed by atoms with van der Waals surface area (Å²) in [6.45, 7) is 0. The molecule has 1 aliphatic heterocycles. The SMILES string of the molecule is O=C1NC(=N/N=C/C2CC=CCC2)SC1Cc1ccc(SC(F)F)cc1. The van der Waals surface area contributed by atoms with E-state index in [0.29, 0.717) is 34.2 Å². The molecule has 1 amide bonds. The van der Waals surface area contributed by atoms with Crippen LogP contribution in [0.4, 0.5) is 8.78 Å². The van der Waals surface area contributed by atoms with Gasteiger partial charge in [-0.25, -0.2) is 0 Å². The average molecular weight is 396 g/mol. The van der Waals surface area contributed by atoms with E-state index in [0.717, 1.165) is 24.8 Å². The van der Waals surface area contributed by atoms with E-state index in [4.69, 9.17) is 0 Å². The summed E-state index contributed by atoms with van der Waals surface area (Å²) in [7, 11) is 0. The van der Waals surface area contributed by atoms with E-state index in [1.165, 1.54) is 11.8 Å². The highest BCUT2D eigenvalue weighted by Gasteiger charge is 2.30. The average Bonchev–Trinajstić information content (AvgIpc) is 2.97. The summed E-state index contributed by atoms with van der Waals surface area (Å²) in [5, 5.41) is 11.2. The number of allylic oxidation sites excluding steroid dienone is 2. The highest BCUT2D eigenvalue weighted by Crippen LogP contribution is 2.27. The second-order valence-electron chi connectivity index (χ2n) is 6.04. The van der Waals surface area contributed by atoms with Crippen molar-refractivity contribution < 1.29 is 13.6 Å². The zero-order valence-electron chi connectivity index (χ0n) is 14.0. The van der Waals surface area contributed by atoms with E-state index in [2.05, 4.69) is 27.7 Å². The Labute approximate surface area is 159 Å². The second-order valence-corrected chi connectivity index (χ2v) is 8.29. The standard InChI is InChI=1S/C18H19F2N3OS2/c19-17(20)25-14-8-6-12(7-9-14)10-15-16(24)22-18(26-15)23-21-11-13-4-2-1-3-5-13/h1-2,6-9,11,13,15,17H,3-5,10H2,(H,22,23,24)/b21-11+. The highest BCUT2D eigenvalue weighted by molar-refractivity contribution is 8.15. The fourth-order valence-corrected chi connectivity index (χ4v) is 4.20. The molecule has 2 aliphatic rings. The number of hydrogen-bond acceptors (Lipinski definition) is 5. The first kappa shape index (κ1) is 19.1. The first-order valence-corrected chi connectivity index (χ1v) is 10.1. The molecule has 8 heteroatoms. The van der Waals surface area contributed by atoms with E-state index in [1.54, 1.807) is 24.3 Å². The Morgan fingerprint density at radius 2 is 2.12 bits per heavy atom. The molecule has 138 valence electrons. The molecule has 4 nitrogen and oxygen atoms in total. The minimum atomic E-state index is -2.43. The molecule has 0 aromatic heterocycles. The molecular weight excluding hydrogens is 376 g/mol. The number of carbonyl (C=O) groups excluding carboxylic acids is 1. The number of thioether (sulfide) groups is 2. The molecule has 0 bridgehead atoms. The normalized spacial score (nSPS) is 24.7. The van der Waals surface area contributed by atoms with Crippen LogP contribution in [-0.2, 0) is 11.2 Å². The van der Waals surface area contributed by atoms with Crippen LogP contribution in [0.3, 0.4) is 0 Å². The Balaban J connectivity index is 1.53. The largest absolute Gasteiger partial charge is 0.303 e. The van der Waals surface area contributed by atoms with Crippen LogP contribution >= 0.6 is 23.5 Å². The molecule has 1 heterocycles. The molecule has 1 aromatic carbocycles. The van der Waals surface area contributed by atoms with E-state index in [9.17, 15) is 13.6 Å². The van der Waals surface area contributed by atoms with Gasteiger partial charge in [-0.1, -0.05) is 47.8 Å². The summed E-state index contributed by atoms with van der Waals surface area (Å²) in [5.74, 6) is -2.12. The zero-order valence-corrected chi connectivity index (χ0v) is 15.6. The van der Waals surface area contributed by atoms with Crippen molar-refractivity contribution in [1.29, 1.82) is 0 Å². The minimum absolute atomic E-state index is 0.101. The fraction of sp³-hybridized carbons (Fsp3) is 0.389. The van der Waals surface area contributed by atoms with Crippen molar-refractivity contribution in [3.8, 4) is 0 Å². The first-order valence-electron chi connectivity index (χ1n) is 8.37. The van der Waals surface area contributed by atoms with Crippen LogP contribution in [0.25, 0.3) is 0 Å². The van der Waals surface area contributed by atoms with Crippen LogP contribution < -0.4 is 5.32 Å². The highest BCUT2D eigenvalue weighted by atomic mass is 32.2. The molecule has 1 N–H and O–H groups in total. The Morgan fingerprint density at radius 3 is 2.81 bits per heavy atom. The van der Waals surface area contributed by atoms with Crippen molar-refractivity contribution in [2.45, 2.75) is 41.6 Å². The van der Waals surface area contributed by atoms with Gasteiger partial charge in [0, 0.05) is 11.1 Å². The summed E-state index contributed by atoms with van der Waals surface area (Å²) in [4.78, 5) is 12.6. The van der Waals surface area contributed by atoms with Gasteiger partial charge >= 0.3 is 0 Å². The van der Waals surface area contributed by atoms with Gasteiger partial charge in [0.1, 0.15) is 0 Å². The number of amides is 1. The number of amidine groups is 1. The van der Waals surface area contributed by atoms with Gasteiger partial charge in [0.15, 0.2) is 5.17 Å². The molecule has 2 atom stereocenters. The Hall–Kier alpha value is -1.67. The van der Waals surface area contributed by atoms with Crippen molar-refractivity contribution >= 4 is 40.8 Å². The van der Waals surface area contributed by atoms with E-state index in [1.807, 2.05) is 6.21 Å². The van der Waals surface area contributed by atoms with Crippen LogP contribution in [0.2, 0.25) is 0 Å². The molecule has 0 saturated carbocycles. The number of hydrogen-bond donors (Lipinski definition) is 1. The molecule has 0 radical (unpaired) electrons. The maximum absolute atomic E-state index is 12.3. The lowest BCUT2D eigenvalue weighted by Gasteiger charge is -2.10. The predicted octanol–water partition coefficient (Wildman–Crippen LogP) is 4.47. The molecule has 1 aliphatic carbocycles. The molecular formula is C18H19F2N3OS2. The summed E-state index contributed by atoms with van der Waals surface area (Å²) in [6, 6.07) is 6.87. The minimum Gasteiger partial charge on any atom is -0.303 e. The molecule has 3 rings (SSSR count). The summed E-state index contributed by atoms with van der Waals surface area (Å²) in [5.41, 5.74) is 0.926. The van der Waals surface area contributed by atoms with E-state index >= 15 is 0 Å². The zero-order chi connectivity index (χ0) is 18.4. The second kappa shape index (κ2) is 9.32. The summed E-state index contributed by atoms with van der Waals surface area (Å²) >= 11 is 1.87. The fourth-order valence-electron chi connectivity index (χ4n) is 2.74. The Bertz CT molecular complexity index is 720. The predicted molar refractivity (Wildman–Crippen MR) is 104 cm³/mol. The van der Waals surface area contributed by atoms with Gasteiger partial charge in [-0.05, 0) is 49.3 Å². The number of nitrogens with one attached hydrogen (secondary N) is 1. The Morgan fingerprint density at radius 1 is 1.31 bits per heavy atom. The Kier molecular flexibility index (Phi) is 6.85. The van der Waals surface area contributed by atoms with Crippen LogP contribution in [0, 0.1) is 5.92 Å². The number of nitrogens with zero attached hydrogens (tertiary/aromatic N) is 2. The number of carbonyl (C=O) groups is 1. The van der Waals surface area contributed by atoms with Gasteiger partial charge < -0.3 is 5.32 Å². The van der Waals surface area contributed by atoms with Crippen molar-refractivity contribution in [1.82, 2.24) is 5.32 Å². The van der Waals surface area contributed by atoms with Gasteiger partial charge in [0.25, 0.3) is 5.76 Å². The number of benzene rings is 1. The third-order valence-electron chi connectivity index (χ3n) is 4.08. The molecule has 26 heavy (non-hydrogen) atoms. The van der Waals surface area contributed by atoms with Gasteiger partial charge in [-0.2, -0.15) is 13.9 Å². The van der Waals surface area contributed by atoms with Gasteiger partial charge in [-0.3, -0.25) is 4.79 Å². The summed E-state index contributed by atoms with van der Waals surface area (Å²) < 4.78 is 24.7. The smallest absolute Gasteiger partial charge is 0.288 e. The van der Waals surface area contributed by atoms with E-state index in [-0.39, 0.29) is 11.2 Å². The monoisotopic (exact) mass is 395 g/mol. The van der Waals surface area contributed by atoms with E-state index < -0.39 is 5.76 Å². The van der Waals surface area contributed by atoms with Crippen molar-refractivity contribution in [2.24, 2.45) is 16.1 Å². The van der Waals surface area contributed by atoms with Crippen molar-refractivity contribution in [2.75, 3.05) is 0 Å². The number of halogens is 2. The molecule has 1 saturated heterocycles. The van der Waals surface area contributed by atoms with Crippen molar-refractivity contribution in [3.05, 3.63) is 42.0 Å². The first-order chi connectivity index (χ1) is 12.6. The van der Waals surface area contributed by atoms with Crippen LogP contribution in [0.15, 0.2) is 51.5 Å². The van der Waals surface area contributed by atoms with Gasteiger partial charge in [0.2, 0.25) is 5.91 Å². The maximum Gasteiger partial charge on any atom is 0.288 e. The van der Waals surface area contributed by atoms with Gasteiger partial charge in [0.05, 0.1) is 5.25 Å². The van der Waals surface area contributed by atoms with Gasteiger partial charge in [-0.15, -0.1) is 5.10 Å². The molecule has 0 spiro atoms. The lowest BCUT2D eigenvalue weighted by Crippen LogP contribution is -2.25. The number of rotatable bonds is 6. The van der Waals surface area contributed by atoms with Crippen LogP contribution in [-0.4, -0.2) is 28.3 Å². The molecule has 1 fully saturated rings. The van der Waals surface area contributed by atoms with Crippen LogP contribution in [0.1, 0.15) is 24.8 Å². The third-order valence-corrected chi connectivity index (χ3v) is 5.88. The lowest BCUT2D eigenvalue weighted by molar-refractivity contribution is -0.118. The topological polar surface area (TPSA) is 53.8 Å². The number of alkyl halides is 2. The summed E-state index contributed by atoms with van der Waals surface area (Å²) in [6.07, 6.45) is 9.81. The maximum atomic E-state index is 12.3. The third kappa shape index (κ3) is 5.67. The van der Waals surface area contributed by atoms with Crippen molar-refractivity contribution in [3.63, 3.8) is 0 Å². The lowest BCUT2D eigenvalue weighted by atomic mass is 9.96. The molecule has 1 aromatic rings. The quantitative estimate of drug-likeness (QED) is 0.335. The molecule has 2 unspecified atom stereocenters.